The van der Waals surface area contributed by atoms with E-state index in [2.05, 4.69) is 15.5 Å². The Morgan fingerprint density at radius 1 is 1.11 bits per heavy atom. The summed E-state index contributed by atoms with van der Waals surface area (Å²) in [7, 11) is -3.68. The average molecular weight is 388 g/mol. The van der Waals surface area contributed by atoms with Gasteiger partial charge in [0.25, 0.3) is 10.0 Å². The number of rotatable bonds is 6. The first-order chi connectivity index (χ1) is 13.1. The van der Waals surface area contributed by atoms with Crippen LogP contribution < -0.4 is 14.9 Å². The second-order valence-electron chi connectivity index (χ2n) is 6.94. The van der Waals surface area contributed by atoms with Crippen LogP contribution in [0.5, 0.6) is 0 Å². The highest BCUT2D eigenvalue weighted by molar-refractivity contribution is 7.93. The normalized spacial score (nSPS) is 18.7. The summed E-state index contributed by atoms with van der Waals surface area (Å²) < 4.78 is 27.0. The van der Waals surface area contributed by atoms with Crippen LogP contribution in [0, 0.1) is 0 Å². The summed E-state index contributed by atoms with van der Waals surface area (Å²) >= 11 is 0. The van der Waals surface area contributed by atoms with E-state index in [1.807, 2.05) is 18.2 Å². The van der Waals surface area contributed by atoms with Crippen LogP contribution in [0.2, 0.25) is 0 Å². The number of nitrogens with one attached hydrogen (secondary N) is 2. The molecule has 0 aliphatic carbocycles. The lowest BCUT2D eigenvalue weighted by atomic mass is 10.1. The molecule has 0 aromatic heterocycles. The molecule has 2 aromatic rings. The number of piperazine rings is 1. The Labute approximate surface area is 159 Å². The fraction of sp³-hybridized carbons (Fsp3) is 0.421. The van der Waals surface area contributed by atoms with Gasteiger partial charge in [-0.2, -0.15) is 0 Å². The second-order valence-corrected chi connectivity index (χ2v) is 8.77. The summed E-state index contributed by atoms with van der Waals surface area (Å²) in [5.74, 6) is -0.274. The van der Waals surface area contributed by atoms with Crippen LogP contribution in [0.15, 0.2) is 41.3 Å². The van der Waals surface area contributed by atoms with E-state index in [1.54, 1.807) is 18.2 Å². The molecule has 0 atom stereocenters. The van der Waals surface area contributed by atoms with Crippen molar-refractivity contribution in [2.75, 3.05) is 50.1 Å². The lowest BCUT2D eigenvalue weighted by molar-refractivity contribution is -0.119. The van der Waals surface area contributed by atoms with Gasteiger partial charge in [-0.3, -0.25) is 9.10 Å². The molecule has 2 aliphatic heterocycles. The molecule has 8 heteroatoms. The van der Waals surface area contributed by atoms with Crippen LogP contribution in [-0.2, 0) is 14.8 Å². The summed E-state index contributed by atoms with van der Waals surface area (Å²) in [5.41, 5.74) is 0.582. The van der Waals surface area contributed by atoms with Gasteiger partial charge in [-0.1, -0.05) is 24.3 Å². The number of hydrogen-bond donors (Lipinski definition) is 2. The Morgan fingerprint density at radius 3 is 2.63 bits per heavy atom. The number of amides is 1. The van der Waals surface area contributed by atoms with Crippen molar-refractivity contribution in [3.05, 3.63) is 36.4 Å². The highest BCUT2D eigenvalue weighted by Gasteiger charge is 2.36. The Bertz CT molecular complexity index is 949. The van der Waals surface area contributed by atoms with Crippen molar-refractivity contribution in [1.82, 2.24) is 15.5 Å². The molecule has 2 aromatic carbocycles. The highest BCUT2D eigenvalue weighted by Crippen LogP contribution is 2.41. The van der Waals surface area contributed by atoms with E-state index in [-0.39, 0.29) is 17.3 Å². The SMILES string of the molecule is O=C(CN1c2cccc3cccc(c23)S1(=O)=O)NCCCN1CCNCC1. The average Bonchev–Trinajstić information content (AvgIpc) is 2.90. The van der Waals surface area contributed by atoms with Crippen LogP contribution in [0.4, 0.5) is 5.69 Å². The number of sulfonamides is 1. The van der Waals surface area contributed by atoms with Gasteiger partial charge in [0.1, 0.15) is 6.54 Å². The number of nitrogens with zero attached hydrogens (tertiary/aromatic N) is 2. The van der Waals surface area contributed by atoms with Crippen molar-refractivity contribution >= 4 is 32.4 Å². The Kier molecular flexibility index (Phi) is 5.03. The van der Waals surface area contributed by atoms with Gasteiger partial charge >= 0.3 is 0 Å². The van der Waals surface area contributed by atoms with Crippen molar-refractivity contribution in [2.24, 2.45) is 0 Å². The number of benzene rings is 2. The maximum atomic E-state index is 12.9. The van der Waals surface area contributed by atoms with E-state index >= 15 is 0 Å². The van der Waals surface area contributed by atoms with Crippen LogP contribution in [0.3, 0.4) is 0 Å². The fourth-order valence-corrected chi connectivity index (χ4v) is 5.45. The molecule has 2 aliphatic rings. The molecule has 2 heterocycles. The molecule has 4 rings (SSSR count). The lowest BCUT2D eigenvalue weighted by Gasteiger charge is -2.27. The standard InChI is InChI=1S/C19H24N4O3S/c24-18(21-8-3-11-22-12-9-20-10-13-22)14-23-16-6-1-4-15-5-2-7-17(19(15)16)27(23,25)26/h1-2,4-7,20H,3,8-14H2,(H,21,24). The van der Waals surface area contributed by atoms with Gasteiger partial charge in [-0.05, 0) is 30.5 Å². The molecule has 0 radical (unpaired) electrons. The smallest absolute Gasteiger partial charge is 0.265 e. The van der Waals surface area contributed by atoms with E-state index in [0.29, 0.717) is 17.6 Å². The number of hydrogen-bond acceptors (Lipinski definition) is 5. The molecule has 144 valence electrons. The number of carbonyl (C=O) groups is 1. The van der Waals surface area contributed by atoms with Gasteiger partial charge < -0.3 is 15.5 Å². The third-order valence-electron chi connectivity index (χ3n) is 5.15. The molecular weight excluding hydrogens is 364 g/mol. The molecule has 0 saturated carbocycles. The molecular formula is C19H24N4O3S. The van der Waals surface area contributed by atoms with E-state index < -0.39 is 10.0 Å². The van der Waals surface area contributed by atoms with Crippen molar-refractivity contribution < 1.29 is 13.2 Å². The van der Waals surface area contributed by atoms with E-state index in [4.69, 9.17) is 0 Å². The molecule has 1 amide bonds. The van der Waals surface area contributed by atoms with Gasteiger partial charge in [-0.25, -0.2) is 8.42 Å². The molecule has 1 fully saturated rings. The first-order valence-corrected chi connectivity index (χ1v) is 10.8. The summed E-state index contributed by atoms with van der Waals surface area (Å²) in [6.07, 6.45) is 0.855. The first kappa shape index (κ1) is 18.2. The van der Waals surface area contributed by atoms with Gasteiger partial charge in [0.2, 0.25) is 5.91 Å². The van der Waals surface area contributed by atoms with Crippen LogP contribution in [0.25, 0.3) is 10.8 Å². The molecule has 0 bridgehead atoms. The zero-order valence-corrected chi connectivity index (χ0v) is 16.0. The summed E-state index contributed by atoms with van der Waals surface area (Å²) in [6, 6.07) is 10.7. The monoisotopic (exact) mass is 388 g/mol. The molecule has 7 nitrogen and oxygen atoms in total. The van der Waals surface area contributed by atoms with Crippen molar-refractivity contribution in [2.45, 2.75) is 11.3 Å². The van der Waals surface area contributed by atoms with Gasteiger partial charge in [0.05, 0.1) is 10.6 Å². The highest BCUT2D eigenvalue weighted by atomic mass is 32.2. The predicted molar refractivity (Wildman–Crippen MR) is 105 cm³/mol. The van der Waals surface area contributed by atoms with Gasteiger partial charge in [0, 0.05) is 38.1 Å². The molecule has 0 spiro atoms. The second kappa shape index (κ2) is 7.46. The Hall–Kier alpha value is -2.16. The third kappa shape index (κ3) is 3.52. The zero-order chi connectivity index (χ0) is 18.9. The minimum atomic E-state index is -3.68. The predicted octanol–water partition coefficient (Wildman–Crippen LogP) is 0.760. The number of carbonyl (C=O) groups excluding carboxylic acids is 1. The maximum absolute atomic E-state index is 12.9. The van der Waals surface area contributed by atoms with E-state index in [1.165, 1.54) is 4.31 Å². The molecule has 2 N–H and O–H groups in total. The summed E-state index contributed by atoms with van der Waals surface area (Å²) in [4.78, 5) is 15.0. The lowest BCUT2D eigenvalue weighted by Crippen LogP contribution is -2.44. The zero-order valence-electron chi connectivity index (χ0n) is 15.1. The van der Waals surface area contributed by atoms with Crippen molar-refractivity contribution in [1.29, 1.82) is 0 Å². The summed E-state index contributed by atoms with van der Waals surface area (Å²) in [5, 5.41) is 7.74. The minimum absolute atomic E-state index is 0.191. The van der Waals surface area contributed by atoms with E-state index in [0.717, 1.165) is 44.5 Å². The quantitative estimate of drug-likeness (QED) is 0.714. The Morgan fingerprint density at radius 2 is 1.85 bits per heavy atom. The van der Waals surface area contributed by atoms with Gasteiger partial charge in [0.15, 0.2) is 0 Å². The van der Waals surface area contributed by atoms with Crippen molar-refractivity contribution in [3.63, 3.8) is 0 Å². The van der Waals surface area contributed by atoms with Crippen LogP contribution >= 0.6 is 0 Å². The first-order valence-electron chi connectivity index (χ1n) is 9.31. The topological polar surface area (TPSA) is 81.8 Å². The summed E-state index contributed by atoms with van der Waals surface area (Å²) in [6.45, 7) is 5.37. The minimum Gasteiger partial charge on any atom is -0.354 e. The third-order valence-corrected chi connectivity index (χ3v) is 6.95. The van der Waals surface area contributed by atoms with Crippen LogP contribution in [0.1, 0.15) is 6.42 Å². The van der Waals surface area contributed by atoms with Crippen molar-refractivity contribution in [3.8, 4) is 0 Å². The van der Waals surface area contributed by atoms with E-state index in [9.17, 15) is 13.2 Å². The molecule has 27 heavy (non-hydrogen) atoms. The van der Waals surface area contributed by atoms with Crippen LogP contribution in [-0.4, -0.2) is 65.0 Å². The maximum Gasteiger partial charge on any atom is 0.265 e. The molecule has 1 saturated heterocycles. The largest absolute Gasteiger partial charge is 0.354 e. The fourth-order valence-electron chi connectivity index (χ4n) is 3.78. The molecule has 0 unspecified atom stereocenters. The Balaban J connectivity index is 1.38. The number of anilines is 1. The van der Waals surface area contributed by atoms with Gasteiger partial charge in [-0.15, -0.1) is 0 Å².